The van der Waals surface area contributed by atoms with E-state index in [4.69, 9.17) is 5.73 Å². The monoisotopic (exact) mass is 630 g/mol. The summed E-state index contributed by atoms with van der Waals surface area (Å²) < 4.78 is 0. The average Bonchev–Trinajstić information content (AvgIpc) is 3.08. The minimum Gasteiger partial charge on any atom is -0.390 e. The van der Waals surface area contributed by atoms with Gasteiger partial charge >= 0.3 is 0 Å². The minimum absolute atomic E-state index is 0.0274. The highest BCUT2D eigenvalue weighted by Crippen LogP contribution is 2.21. The van der Waals surface area contributed by atoms with Crippen LogP contribution in [0.15, 0.2) is 96.7 Å². The highest BCUT2D eigenvalue weighted by atomic mass is 16.3. The highest BCUT2D eigenvalue weighted by Gasteiger charge is 2.31. The first-order valence-corrected chi connectivity index (χ1v) is 15.9. The second-order valence-corrected chi connectivity index (χ2v) is 13.0. The summed E-state index contributed by atoms with van der Waals surface area (Å²) in [6.45, 7) is 6.03. The number of carbonyl (C=O) groups excluding carboxylic acids is 2. The third-order valence-corrected chi connectivity index (χ3v) is 8.22. The number of allylic oxidation sites excluding steroid dienone is 1. The second kappa shape index (κ2) is 15.1. The number of nitrogens with one attached hydrogen (secondary N) is 2. The molecular weight excluding hydrogens is 588 g/mol. The summed E-state index contributed by atoms with van der Waals surface area (Å²) in [7, 11) is 0. The van der Waals surface area contributed by atoms with Gasteiger partial charge in [0.25, 0.3) is 11.8 Å². The van der Waals surface area contributed by atoms with E-state index in [1.807, 2.05) is 99.6 Å². The molecule has 47 heavy (non-hydrogen) atoms. The Hall–Kier alpha value is -4.88. The number of amides is 2. The fraction of sp³-hybridized carbons (Fsp3) is 0.316. The van der Waals surface area contributed by atoms with Gasteiger partial charge in [0.15, 0.2) is 0 Å². The maximum Gasteiger partial charge on any atom is 0.270 e. The Kier molecular flexibility index (Phi) is 10.8. The maximum absolute atomic E-state index is 13.5. The number of aliphatic hydroxyl groups is 1. The Morgan fingerprint density at radius 3 is 2.49 bits per heavy atom. The topological polar surface area (TPSA) is 133 Å². The first-order valence-electron chi connectivity index (χ1n) is 15.9. The molecular formula is C38H42N6O3. The van der Waals surface area contributed by atoms with Gasteiger partial charge in [-0.05, 0) is 54.2 Å². The van der Waals surface area contributed by atoms with Crippen LogP contribution in [0.4, 0.5) is 0 Å². The molecule has 242 valence electrons. The SMILES string of the molecule is CC(C)(C)C(N)C(=O)NN(Cc1ccc(-c2ccccn2)cc1)CC(O)C(CC1=CC#CCC1)NC(=O)c1ccc2ccccc2n1. The number of pyridine rings is 2. The molecule has 1 aliphatic rings. The Bertz CT molecular complexity index is 1790. The van der Waals surface area contributed by atoms with E-state index >= 15 is 0 Å². The lowest BCUT2D eigenvalue weighted by molar-refractivity contribution is -0.130. The zero-order chi connectivity index (χ0) is 33.4. The number of nitrogens with zero attached hydrogens (tertiary/aromatic N) is 3. The maximum atomic E-state index is 13.5. The van der Waals surface area contributed by atoms with Crippen molar-refractivity contribution in [2.24, 2.45) is 11.1 Å². The van der Waals surface area contributed by atoms with Crippen LogP contribution in [0.2, 0.25) is 0 Å². The fourth-order valence-corrected chi connectivity index (χ4v) is 5.34. The normalized spacial score (nSPS) is 14.8. The molecule has 0 radical (unpaired) electrons. The van der Waals surface area contributed by atoms with E-state index in [1.165, 1.54) is 0 Å². The standard InChI is InChI=1S/C38H42N6O3/c1-38(2,3)35(39)37(47)43-44(24-27-16-18-29(19-17-27)30-14-9-10-22-40-30)25-34(45)33(23-26-11-5-4-6-12-26)42-36(46)32-21-20-28-13-7-8-15-31(28)41-32/h7-10,12-22,33-35,45H,5,11,23-25,39H2,1-3H3,(H,42,46)(H,43,47). The molecule has 0 bridgehead atoms. The second-order valence-electron chi connectivity index (χ2n) is 13.0. The van der Waals surface area contributed by atoms with Crippen molar-refractivity contribution >= 4 is 22.7 Å². The molecule has 0 spiro atoms. The third kappa shape index (κ3) is 9.11. The predicted octanol–water partition coefficient (Wildman–Crippen LogP) is 4.78. The van der Waals surface area contributed by atoms with Crippen LogP contribution in [0, 0.1) is 17.3 Å². The predicted molar refractivity (Wildman–Crippen MR) is 184 cm³/mol. The van der Waals surface area contributed by atoms with Crippen LogP contribution < -0.4 is 16.5 Å². The summed E-state index contributed by atoms with van der Waals surface area (Å²) in [5.74, 6) is 5.33. The van der Waals surface area contributed by atoms with Gasteiger partial charge in [-0.15, -0.1) is 0 Å². The minimum atomic E-state index is -1.06. The molecule has 1 aliphatic carbocycles. The number of hydrogen-bond acceptors (Lipinski definition) is 7. The smallest absolute Gasteiger partial charge is 0.270 e. The number of benzene rings is 2. The van der Waals surface area contributed by atoms with Crippen LogP contribution in [-0.4, -0.2) is 56.6 Å². The van der Waals surface area contributed by atoms with E-state index in [0.29, 0.717) is 18.5 Å². The van der Waals surface area contributed by atoms with Crippen LogP contribution in [-0.2, 0) is 11.3 Å². The van der Waals surface area contributed by atoms with E-state index in [0.717, 1.165) is 40.6 Å². The molecule has 2 heterocycles. The molecule has 2 aromatic carbocycles. The number of fused-ring (bicyclic) bond motifs is 1. The highest BCUT2D eigenvalue weighted by molar-refractivity contribution is 5.95. The van der Waals surface area contributed by atoms with Crippen molar-refractivity contribution in [3.8, 4) is 23.1 Å². The molecule has 4 aromatic rings. The summed E-state index contributed by atoms with van der Waals surface area (Å²) in [4.78, 5) is 35.8. The van der Waals surface area contributed by atoms with Gasteiger partial charge in [0.1, 0.15) is 5.69 Å². The molecule has 9 heteroatoms. The van der Waals surface area contributed by atoms with E-state index in [9.17, 15) is 14.7 Å². The van der Waals surface area contributed by atoms with Crippen molar-refractivity contribution in [1.29, 1.82) is 0 Å². The van der Waals surface area contributed by atoms with Crippen molar-refractivity contribution < 1.29 is 14.7 Å². The Morgan fingerprint density at radius 1 is 1.02 bits per heavy atom. The first-order chi connectivity index (χ1) is 22.6. The van der Waals surface area contributed by atoms with Crippen LogP contribution >= 0.6 is 0 Å². The molecule has 2 aromatic heterocycles. The van der Waals surface area contributed by atoms with E-state index < -0.39 is 29.5 Å². The zero-order valence-electron chi connectivity index (χ0n) is 27.1. The summed E-state index contributed by atoms with van der Waals surface area (Å²) in [5.41, 5.74) is 13.5. The van der Waals surface area contributed by atoms with Crippen LogP contribution in [0.1, 0.15) is 56.1 Å². The van der Waals surface area contributed by atoms with Crippen molar-refractivity contribution in [3.63, 3.8) is 0 Å². The average molecular weight is 631 g/mol. The quantitative estimate of drug-likeness (QED) is 0.131. The molecule has 0 saturated carbocycles. The summed E-state index contributed by atoms with van der Waals surface area (Å²) >= 11 is 0. The van der Waals surface area contributed by atoms with Gasteiger partial charge in [-0.1, -0.05) is 92.8 Å². The van der Waals surface area contributed by atoms with Gasteiger partial charge in [0.2, 0.25) is 0 Å². The molecule has 2 amide bonds. The van der Waals surface area contributed by atoms with Crippen LogP contribution in [0.3, 0.4) is 0 Å². The molecule has 3 unspecified atom stereocenters. The van der Waals surface area contributed by atoms with Gasteiger partial charge in [-0.3, -0.25) is 20.0 Å². The number of hydrogen-bond donors (Lipinski definition) is 4. The van der Waals surface area contributed by atoms with Crippen molar-refractivity contribution in [2.45, 2.75) is 64.8 Å². The number of aliphatic hydroxyl groups excluding tert-OH is 1. The lowest BCUT2D eigenvalue weighted by atomic mass is 9.87. The number of hydrazine groups is 1. The summed E-state index contributed by atoms with van der Waals surface area (Å²) in [5, 5.41) is 17.4. The summed E-state index contributed by atoms with van der Waals surface area (Å²) in [6, 6.07) is 23.3. The number of carbonyl (C=O) groups is 2. The lowest BCUT2D eigenvalue weighted by Crippen LogP contribution is -2.57. The molecule has 3 atom stereocenters. The van der Waals surface area contributed by atoms with Crippen molar-refractivity contribution in [1.82, 2.24) is 25.7 Å². The Balaban J connectivity index is 1.37. The molecule has 5 rings (SSSR count). The Morgan fingerprint density at radius 2 is 1.79 bits per heavy atom. The molecule has 5 N–H and O–H groups in total. The van der Waals surface area contributed by atoms with Gasteiger partial charge in [-0.2, -0.15) is 0 Å². The van der Waals surface area contributed by atoms with Gasteiger partial charge in [0.05, 0.1) is 29.4 Å². The Labute approximate surface area is 276 Å². The molecule has 0 fully saturated rings. The van der Waals surface area contributed by atoms with Crippen molar-refractivity contribution in [3.05, 3.63) is 108 Å². The zero-order valence-corrected chi connectivity index (χ0v) is 27.1. The molecule has 0 aliphatic heterocycles. The van der Waals surface area contributed by atoms with Crippen molar-refractivity contribution in [2.75, 3.05) is 6.54 Å². The van der Waals surface area contributed by atoms with Gasteiger partial charge in [-0.25, -0.2) is 9.99 Å². The number of rotatable bonds is 12. The molecule has 9 nitrogen and oxygen atoms in total. The first kappa shape index (κ1) is 33.5. The summed E-state index contributed by atoms with van der Waals surface area (Å²) in [6.07, 6.45) is 4.42. The van der Waals surface area contributed by atoms with Crippen LogP contribution in [0.5, 0.6) is 0 Å². The van der Waals surface area contributed by atoms with E-state index in [2.05, 4.69) is 32.6 Å². The third-order valence-electron chi connectivity index (χ3n) is 8.22. The van der Waals surface area contributed by atoms with Crippen LogP contribution in [0.25, 0.3) is 22.2 Å². The number of nitrogens with two attached hydrogens (primary N) is 1. The van der Waals surface area contributed by atoms with E-state index in [-0.39, 0.29) is 18.1 Å². The van der Waals surface area contributed by atoms with E-state index in [1.54, 1.807) is 17.3 Å². The largest absolute Gasteiger partial charge is 0.390 e. The number of para-hydroxylation sites is 1. The van der Waals surface area contributed by atoms with Gasteiger partial charge in [0, 0.05) is 36.7 Å². The number of aromatic nitrogens is 2. The molecule has 0 saturated heterocycles. The lowest BCUT2D eigenvalue weighted by Gasteiger charge is -2.33. The fourth-order valence-electron chi connectivity index (χ4n) is 5.34. The van der Waals surface area contributed by atoms with Gasteiger partial charge < -0.3 is 16.2 Å².